The van der Waals surface area contributed by atoms with Gasteiger partial charge in [0.25, 0.3) is 0 Å². The van der Waals surface area contributed by atoms with Crippen LogP contribution in [-0.4, -0.2) is 15.7 Å². The van der Waals surface area contributed by atoms with Crippen LogP contribution >= 0.6 is 11.6 Å². The molecular weight excluding hydrogens is 264 g/mol. The minimum Gasteiger partial charge on any atom is -0.369 e. The van der Waals surface area contributed by atoms with Crippen LogP contribution in [0.15, 0.2) is 36.7 Å². The van der Waals surface area contributed by atoms with Gasteiger partial charge < -0.3 is 11.1 Å². The lowest BCUT2D eigenvalue weighted by Crippen LogP contribution is -2.27. The Bertz CT molecular complexity index is 582. The van der Waals surface area contributed by atoms with Crippen molar-refractivity contribution in [1.29, 1.82) is 0 Å². The smallest absolute Gasteiger partial charge is 0.244 e. The minimum absolute atomic E-state index is 0.476. The number of hydrogen-bond donors (Lipinski definition) is 2. The normalized spacial score (nSPS) is 12.1. The third kappa shape index (κ3) is 3.06. The molecule has 0 bridgehead atoms. The molecule has 1 unspecified atom stereocenters. The number of carbonyl (C=O) groups excluding carboxylic acids is 1. The number of nitrogens with zero attached hydrogens (tertiary/aromatic N) is 2. The lowest BCUT2D eigenvalue weighted by Gasteiger charge is -2.16. The summed E-state index contributed by atoms with van der Waals surface area (Å²) >= 11 is 6.06. The summed E-state index contributed by atoms with van der Waals surface area (Å²) in [6.07, 6.45) is 3.42. The minimum atomic E-state index is -0.653. The average Bonchev–Trinajstić information content (AvgIpc) is 2.86. The van der Waals surface area contributed by atoms with Gasteiger partial charge in [-0.2, -0.15) is 5.10 Å². The molecule has 0 saturated heterocycles. The van der Waals surface area contributed by atoms with Gasteiger partial charge in [-0.25, -0.2) is 0 Å². The molecule has 100 valence electrons. The molecule has 0 radical (unpaired) electrons. The monoisotopic (exact) mass is 278 g/mol. The molecule has 0 aliphatic rings. The van der Waals surface area contributed by atoms with Crippen molar-refractivity contribution >= 4 is 23.2 Å². The molecule has 1 heterocycles. The SMILES string of the molecule is CCn1cc(C(Nc2ccccc2Cl)C(N)=O)cn1. The van der Waals surface area contributed by atoms with Crippen LogP contribution in [0.2, 0.25) is 5.02 Å². The predicted octanol–water partition coefficient (Wildman–Crippen LogP) is 2.19. The quantitative estimate of drug-likeness (QED) is 0.880. The highest BCUT2D eigenvalue weighted by Crippen LogP contribution is 2.25. The molecule has 0 saturated carbocycles. The van der Waals surface area contributed by atoms with Gasteiger partial charge in [0.15, 0.2) is 0 Å². The highest BCUT2D eigenvalue weighted by atomic mass is 35.5. The second-order valence-corrected chi connectivity index (χ2v) is 4.50. The topological polar surface area (TPSA) is 72.9 Å². The Morgan fingerprint density at radius 2 is 2.26 bits per heavy atom. The summed E-state index contributed by atoms with van der Waals surface area (Å²) in [6.45, 7) is 2.70. The van der Waals surface area contributed by atoms with Gasteiger partial charge in [-0.1, -0.05) is 23.7 Å². The second-order valence-electron chi connectivity index (χ2n) is 4.09. The first-order chi connectivity index (χ1) is 9.11. The molecule has 0 aliphatic heterocycles. The number of benzene rings is 1. The van der Waals surface area contributed by atoms with Crippen LogP contribution in [0.4, 0.5) is 5.69 Å². The number of nitrogens with one attached hydrogen (secondary N) is 1. The molecule has 19 heavy (non-hydrogen) atoms. The lowest BCUT2D eigenvalue weighted by molar-refractivity contribution is -0.118. The Hall–Kier alpha value is -2.01. The van der Waals surface area contributed by atoms with Gasteiger partial charge in [-0.05, 0) is 19.1 Å². The number of primary amides is 1. The maximum Gasteiger partial charge on any atom is 0.244 e. The summed E-state index contributed by atoms with van der Waals surface area (Å²) in [5.41, 5.74) is 6.82. The number of amides is 1. The summed E-state index contributed by atoms with van der Waals surface area (Å²) in [5, 5.41) is 7.72. The Labute approximate surface area is 116 Å². The van der Waals surface area contributed by atoms with Crippen LogP contribution in [0.3, 0.4) is 0 Å². The van der Waals surface area contributed by atoms with Crippen molar-refractivity contribution < 1.29 is 4.79 Å². The third-order valence-corrected chi connectivity index (χ3v) is 3.10. The van der Waals surface area contributed by atoms with Gasteiger partial charge in [0.2, 0.25) is 5.91 Å². The molecule has 1 aromatic heterocycles. The number of nitrogens with two attached hydrogens (primary N) is 1. The molecule has 0 spiro atoms. The van der Waals surface area contributed by atoms with Gasteiger partial charge in [0.05, 0.1) is 16.9 Å². The van der Waals surface area contributed by atoms with E-state index in [4.69, 9.17) is 17.3 Å². The van der Waals surface area contributed by atoms with Crippen LogP contribution in [0.25, 0.3) is 0 Å². The average molecular weight is 279 g/mol. The van der Waals surface area contributed by atoms with Crippen molar-refractivity contribution in [2.24, 2.45) is 5.73 Å². The molecule has 6 heteroatoms. The number of anilines is 1. The fourth-order valence-electron chi connectivity index (χ4n) is 1.75. The highest BCUT2D eigenvalue weighted by molar-refractivity contribution is 6.33. The highest BCUT2D eigenvalue weighted by Gasteiger charge is 2.20. The van der Waals surface area contributed by atoms with Gasteiger partial charge in [-0.3, -0.25) is 9.48 Å². The zero-order valence-electron chi connectivity index (χ0n) is 10.5. The van der Waals surface area contributed by atoms with Crippen LogP contribution in [-0.2, 0) is 11.3 Å². The third-order valence-electron chi connectivity index (χ3n) is 2.77. The molecule has 1 atom stereocenters. The van der Waals surface area contributed by atoms with E-state index in [9.17, 15) is 4.79 Å². The molecule has 1 aromatic carbocycles. The first kappa shape index (κ1) is 13.4. The van der Waals surface area contributed by atoms with Crippen LogP contribution in [0, 0.1) is 0 Å². The summed E-state index contributed by atoms with van der Waals surface area (Å²) in [7, 11) is 0. The molecule has 2 aromatic rings. The van der Waals surface area contributed by atoms with E-state index in [-0.39, 0.29) is 0 Å². The largest absolute Gasteiger partial charge is 0.369 e. The predicted molar refractivity (Wildman–Crippen MR) is 74.9 cm³/mol. The van der Waals surface area contributed by atoms with Crippen molar-refractivity contribution in [3.63, 3.8) is 0 Å². The van der Waals surface area contributed by atoms with E-state index in [1.54, 1.807) is 29.2 Å². The molecule has 2 rings (SSSR count). The van der Waals surface area contributed by atoms with E-state index < -0.39 is 11.9 Å². The first-order valence-corrected chi connectivity index (χ1v) is 6.32. The van der Waals surface area contributed by atoms with Gasteiger partial charge >= 0.3 is 0 Å². The Kier molecular flexibility index (Phi) is 4.06. The number of carbonyl (C=O) groups is 1. The number of aromatic nitrogens is 2. The number of para-hydroxylation sites is 1. The van der Waals surface area contributed by atoms with E-state index in [0.717, 1.165) is 6.54 Å². The lowest BCUT2D eigenvalue weighted by atomic mass is 10.1. The van der Waals surface area contributed by atoms with E-state index in [2.05, 4.69) is 10.4 Å². The Morgan fingerprint density at radius 1 is 1.53 bits per heavy atom. The summed E-state index contributed by atoms with van der Waals surface area (Å²) in [5.74, 6) is -0.476. The number of hydrogen-bond acceptors (Lipinski definition) is 3. The van der Waals surface area contributed by atoms with Crippen molar-refractivity contribution in [3.05, 3.63) is 47.2 Å². The molecule has 3 N–H and O–H groups in total. The van der Waals surface area contributed by atoms with E-state index in [1.807, 2.05) is 19.1 Å². The van der Waals surface area contributed by atoms with E-state index >= 15 is 0 Å². The number of aryl methyl sites for hydroxylation is 1. The standard InChI is InChI=1S/C13H15ClN4O/c1-2-18-8-9(7-16-18)12(13(15)19)17-11-6-4-3-5-10(11)14/h3-8,12,17H,2H2,1H3,(H2,15,19). The first-order valence-electron chi connectivity index (χ1n) is 5.94. The van der Waals surface area contributed by atoms with Crippen LogP contribution in [0.1, 0.15) is 18.5 Å². The molecule has 0 aliphatic carbocycles. The molecular formula is C13H15ClN4O. The summed E-state index contributed by atoms with van der Waals surface area (Å²) in [6, 6.07) is 6.55. The maximum atomic E-state index is 11.6. The molecule has 1 amide bonds. The van der Waals surface area contributed by atoms with Crippen LogP contribution in [0.5, 0.6) is 0 Å². The zero-order chi connectivity index (χ0) is 13.8. The summed E-state index contributed by atoms with van der Waals surface area (Å²) < 4.78 is 1.74. The van der Waals surface area contributed by atoms with Crippen molar-refractivity contribution in [2.75, 3.05) is 5.32 Å². The van der Waals surface area contributed by atoms with E-state index in [1.165, 1.54) is 0 Å². The maximum absolute atomic E-state index is 11.6. The van der Waals surface area contributed by atoms with Crippen LogP contribution < -0.4 is 11.1 Å². The van der Waals surface area contributed by atoms with Crippen molar-refractivity contribution in [3.8, 4) is 0 Å². The molecule has 0 fully saturated rings. The number of rotatable bonds is 5. The second kappa shape index (κ2) is 5.75. The fraction of sp³-hybridized carbons (Fsp3) is 0.231. The fourth-order valence-corrected chi connectivity index (χ4v) is 1.94. The van der Waals surface area contributed by atoms with Gasteiger partial charge in [0.1, 0.15) is 6.04 Å². The zero-order valence-corrected chi connectivity index (χ0v) is 11.3. The van der Waals surface area contributed by atoms with Gasteiger partial charge in [-0.15, -0.1) is 0 Å². The Balaban J connectivity index is 2.26. The van der Waals surface area contributed by atoms with Crippen molar-refractivity contribution in [1.82, 2.24) is 9.78 Å². The Morgan fingerprint density at radius 3 is 2.84 bits per heavy atom. The van der Waals surface area contributed by atoms with Gasteiger partial charge in [0, 0.05) is 18.3 Å². The summed E-state index contributed by atoms with van der Waals surface area (Å²) in [4.78, 5) is 11.6. The number of halogens is 1. The van der Waals surface area contributed by atoms with E-state index in [0.29, 0.717) is 16.3 Å². The molecule has 5 nitrogen and oxygen atoms in total. The van der Waals surface area contributed by atoms with Crippen molar-refractivity contribution in [2.45, 2.75) is 19.5 Å².